The molecule has 0 bridgehead atoms. The molecule has 5 nitrogen and oxygen atoms in total. The monoisotopic (exact) mass is 309 g/mol. The van der Waals surface area contributed by atoms with Crippen LogP contribution >= 0.6 is 0 Å². The number of rotatable bonds is 6. The number of hydrogen-bond donors (Lipinski definition) is 0. The van der Waals surface area contributed by atoms with Crippen LogP contribution in [0.2, 0.25) is 0 Å². The van der Waals surface area contributed by atoms with Crippen molar-refractivity contribution < 1.29 is 18.3 Å². The first-order chi connectivity index (χ1) is 10.5. The second-order valence-corrected chi connectivity index (χ2v) is 4.80. The van der Waals surface area contributed by atoms with Crippen LogP contribution in [0.4, 0.5) is 8.78 Å². The summed E-state index contributed by atoms with van der Waals surface area (Å²) >= 11 is 0. The van der Waals surface area contributed by atoms with E-state index in [2.05, 4.69) is 4.98 Å². The molecular weight excluding hydrogens is 292 g/mol. The number of benzene rings is 1. The lowest BCUT2D eigenvalue weighted by molar-refractivity contribution is -0.129. The number of carbonyl (C=O) groups excluding carboxylic acids is 1. The quantitative estimate of drug-likeness (QED) is 0.823. The summed E-state index contributed by atoms with van der Waals surface area (Å²) in [7, 11) is 3.13. The van der Waals surface area contributed by atoms with Crippen LogP contribution in [0.15, 0.2) is 36.7 Å². The number of hydrogen-bond acceptors (Lipinski definition) is 3. The molecule has 0 radical (unpaired) electrons. The molecule has 0 unspecified atom stereocenters. The fraction of sp³-hybridized carbons (Fsp3) is 0.333. The van der Waals surface area contributed by atoms with Gasteiger partial charge >= 0.3 is 6.55 Å². The number of likely N-dealkylation sites (N-methyl/N-ethyl adjacent to an activating group) is 1. The number of carbonyl (C=O) groups is 1. The van der Waals surface area contributed by atoms with Gasteiger partial charge in [-0.3, -0.25) is 9.36 Å². The van der Waals surface area contributed by atoms with Gasteiger partial charge in [0, 0.05) is 19.4 Å². The minimum atomic E-state index is -2.66. The van der Waals surface area contributed by atoms with Crippen molar-refractivity contribution in [3.8, 4) is 5.75 Å². The van der Waals surface area contributed by atoms with Gasteiger partial charge in [0.05, 0.1) is 20.1 Å². The van der Waals surface area contributed by atoms with Crippen molar-refractivity contribution in [2.24, 2.45) is 0 Å². The van der Waals surface area contributed by atoms with Crippen molar-refractivity contribution in [1.82, 2.24) is 14.5 Å². The van der Waals surface area contributed by atoms with Crippen molar-refractivity contribution in [3.05, 3.63) is 48.0 Å². The molecule has 0 saturated carbocycles. The molecule has 0 atom stereocenters. The molecule has 0 aliphatic rings. The molecular formula is C15H17F2N3O2. The van der Waals surface area contributed by atoms with Crippen LogP contribution in [-0.2, 0) is 17.8 Å². The minimum absolute atomic E-state index is 0.0341. The molecule has 2 rings (SSSR count). The van der Waals surface area contributed by atoms with E-state index in [4.69, 9.17) is 4.74 Å². The van der Waals surface area contributed by atoms with Gasteiger partial charge in [-0.05, 0) is 17.7 Å². The van der Waals surface area contributed by atoms with Crippen LogP contribution < -0.4 is 4.74 Å². The summed E-state index contributed by atoms with van der Waals surface area (Å²) in [5.41, 5.74) is 0.829. The molecule has 0 aliphatic heterocycles. The Balaban J connectivity index is 1.98. The van der Waals surface area contributed by atoms with E-state index in [0.29, 0.717) is 5.75 Å². The maximum atomic E-state index is 12.7. The van der Waals surface area contributed by atoms with Crippen LogP contribution in [0.25, 0.3) is 0 Å². The third-order valence-electron chi connectivity index (χ3n) is 3.28. The van der Waals surface area contributed by atoms with Crippen molar-refractivity contribution in [2.75, 3.05) is 14.2 Å². The molecule has 1 heterocycles. The Hall–Kier alpha value is -2.44. The van der Waals surface area contributed by atoms with Gasteiger partial charge in [-0.1, -0.05) is 12.1 Å². The second kappa shape index (κ2) is 7.02. The lowest BCUT2D eigenvalue weighted by atomic mass is 10.1. The van der Waals surface area contributed by atoms with E-state index in [1.807, 2.05) is 0 Å². The Bertz CT molecular complexity index is 626. The summed E-state index contributed by atoms with van der Waals surface area (Å²) in [5.74, 6) is 0.693. The van der Waals surface area contributed by atoms with Gasteiger partial charge < -0.3 is 9.64 Å². The number of imidazole rings is 1. The van der Waals surface area contributed by atoms with Crippen molar-refractivity contribution in [1.29, 1.82) is 0 Å². The van der Waals surface area contributed by atoms with Crippen molar-refractivity contribution >= 4 is 5.91 Å². The Morgan fingerprint density at radius 2 is 2.05 bits per heavy atom. The number of ether oxygens (including phenoxy) is 1. The Labute approximate surface area is 127 Å². The highest BCUT2D eigenvalue weighted by Gasteiger charge is 2.16. The van der Waals surface area contributed by atoms with Gasteiger partial charge in [0.25, 0.3) is 0 Å². The number of amides is 1. The molecule has 0 saturated heterocycles. The summed E-state index contributed by atoms with van der Waals surface area (Å²) in [6.07, 6.45) is 2.68. The van der Waals surface area contributed by atoms with Gasteiger partial charge in [-0.15, -0.1) is 0 Å². The summed E-state index contributed by atoms with van der Waals surface area (Å²) < 4.78 is 31.3. The van der Waals surface area contributed by atoms with E-state index in [1.54, 1.807) is 38.4 Å². The van der Waals surface area contributed by atoms with E-state index < -0.39 is 6.55 Å². The topological polar surface area (TPSA) is 47.4 Å². The molecule has 1 aromatic carbocycles. The van der Waals surface area contributed by atoms with Crippen LogP contribution in [0.5, 0.6) is 5.75 Å². The van der Waals surface area contributed by atoms with Crippen LogP contribution in [0.3, 0.4) is 0 Å². The van der Waals surface area contributed by atoms with E-state index in [0.717, 1.165) is 10.1 Å². The molecule has 0 aliphatic carbocycles. The molecule has 0 spiro atoms. The number of halogens is 2. The van der Waals surface area contributed by atoms with Crippen molar-refractivity contribution in [2.45, 2.75) is 19.5 Å². The first-order valence-corrected chi connectivity index (χ1v) is 6.68. The molecule has 1 amide bonds. The molecule has 22 heavy (non-hydrogen) atoms. The molecule has 1 aromatic heterocycles. The molecule has 0 N–H and O–H groups in total. The summed E-state index contributed by atoms with van der Waals surface area (Å²) in [6.45, 7) is -2.63. The Morgan fingerprint density at radius 3 is 2.64 bits per heavy atom. The highest BCUT2D eigenvalue weighted by molar-refractivity contribution is 5.78. The van der Waals surface area contributed by atoms with E-state index >= 15 is 0 Å². The summed E-state index contributed by atoms with van der Waals surface area (Å²) in [5, 5.41) is 0. The van der Waals surface area contributed by atoms with Gasteiger partial charge in [-0.25, -0.2) is 4.98 Å². The number of methoxy groups -OCH3 is 1. The van der Waals surface area contributed by atoms with E-state index in [1.165, 1.54) is 17.3 Å². The van der Waals surface area contributed by atoms with Crippen molar-refractivity contribution in [3.63, 3.8) is 0 Å². The average molecular weight is 309 g/mol. The highest BCUT2D eigenvalue weighted by atomic mass is 19.3. The minimum Gasteiger partial charge on any atom is -0.497 e. The summed E-state index contributed by atoms with van der Waals surface area (Å²) in [4.78, 5) is 17.4. The number of aromatic nitrogens is 2. The summed E-state index contributed by atoms with van der Waals surface area (Å²) in [6, 6.07) is 7.13. The van der Waals surface area contributed by atoms with Gasteiger partial charge in [0.1, 0.15) is 11.6 Å². The smallest absolute Gasteiger partial charge is 0.319 e. The Morgan fingerprint density at radius 1 is 1.36 bits per heavy atom. The maximum absolute atomic E-state index is 12.7. The lowest BCUT2D eigenvalue weighted by Gasteiger charge is -2.17. The predicted molar refractivity (Wildman–Crippen MR) is 76.7 cm³/mol. The van der Waals surface area contributed by atoms with Crippen LogP contribution in [-0.4, -0.2) is 34.5 Å². The first kappa shape index (κ1) is 15.9. The normalized spacial score (nSPS) is 10.8. The largest absolute Gasteiger partial charge is 0.497 e. The number of nitrogens with zero attached hydrogens (tertiary/aromatic N) is 3. The Kier molecular flexibility index (Phi) is 5.08. The molecule has 2 aromatic rings. The fourth-order valence-corrected chi connectivity index (χ4v) is 2.00. The van der Waals surface area contributed by atoms with Crippen LogP contribution in [0.1, 0.15) is 17.9 Å². The zero-order valence-corrected chi connectivity index (χ0v) is 12.4. The molecule has 0 fully saturated rings. The van der Waals surface area contributed by atoms with Gasteiger partial charge in [0.15, 0.2) is 0 Å². The third kappa shape index (κ3) is 3.81. The highest BCUT2D eigenvalue weighted by Crippen LogP contribution is 2.15. The second-order valence-electron chi connectivity index (χ2n) is 4.80. The lowest BCUT2D eigenvalue weighted by Crippen LogP contribution is -2.29. The maximum Gasteiger partial charge on any atom is 0.319 e. The third-order valence-corrected chi connectivity index (χ3v) is 3.28. The zero-order chi connectivity index (χ0) is 16.1. The fourth-order valence-electron chi connectivity index (χ4n) is 2.00. The average Bonchev–Trinajstić information content (AvgIpc) is 2.96. The van der Waals surface area contributed by atoms with Gasteiger partial charge in [0.2, 0.25) is 5.91 Å². The van der Waals surface area contributed by atoms with Crippen LogP contribution in [0, 0.1) is 0 Å². The van der Waals surface area contributed by atoms with E-state index in [9.17, 15) is 13.6 Å². The van der Waals surface area contributed by atoms with E-state index in [-0.39, 0.29) is 24.7 Å². The molecule has 7 heteroatoms. The zero-order valence-electron chi connectivity index (χ0n) is 12.4. The first-order valence-electron chi connectivity index (χ1n) is 6.68. The SMILES string of the molecule is COc1ccc(CC(=O)N(C)Cc2nccn2C(F)F)cc1. The molecule has 118 valence electrons. The number of alkyl halides is 2. The standard InChI is InChI=1S/C15H17F2N3O2/c1-19(10-13-18-7-8-20(13)15(16)17)14(21)9-11-3-5-12(22-2)6-4-11/h3-8,15H,9-10H2,1-2H3. The predicted octanol–water partition coefficient (Wildman–Crippen LogP) is 2.49. The van der Waals surface area contributed by atoms with Gasteiger partial charge in [-0.2, -0.15) is 8.78 Å².